The summed E-state index contributed by atoms with van der Waals surface area (Å²) in [6.45, 7) is 1.60. The van der Waals surface area contributed by atoms with E-state index in [4.69, 9.17) is 13.9 Å². The molecule has 2 amide bonds. The SMILES string of the molecule is COC(=O)c1sc(C[C@H]2CCCCC/C=C\[C@H]3C[C@@]3(C(=O)NS(=O)(=O)C3CC3)CC(=O)[C@@H]3C[C@@H](Oc4nc(-c5ccc(C(F)(F)F)cc5)nc5c4oc4ccccc45)CN3C2=O)nc1C. The van der Waals surface area contributed by atoms with E-state index in [2.05, 4.69) is 19.7 Å². The maximum absolute atomic E-state index is 15.0. The van der Waals surface area contributed by atoms with Gasteiger partial charge in [-0.3, -0.25) is 19.1 Å². The smallest absolute Gasteiger partial charge is 0.416 e. The number of esters is 1. The molecule has 2 aliphatic heterocycles. The second kappa shape index (κ2) is 17.3. The minimum absolute atomic E-state index is 0.0277. The molecular weight excluding hydrogens is 888 g/mol. The number of fused-ring (bicyclic) bond motifs is 5. The van der Waals surface area contributed by atoms with Gasteiger partial charge >= 0.3 is 12.1 Å². The van der Waals surface area contributed by atoms with Crippen LogP contribution in [0, 0.1) is 24.2 Å². The molecule has 3 fully saturated rings. The van der Waals surface area contributed by atoms with Crippen LogP contribution < -0.4 is 9.46 Å². The summed E-state index contributed by atoms with van der Waals surface area (Å²) < 4.78 is 86.6. The topological polar surface area (TPSA) is 188 Å². The van der Waals surface area contributed by atoms with Gasteiger partial charge in [0, 0.05) is 36.1 Å². The van der Waals surface area contributed by atoms with Crippen LogP contribution in [-0.2, 0) is 41.7 Å². The number of halogens is 3. The molecule has 65 heavy (non-hydrogen) atoms. The van der Waals surface area contributed by atoms with Crippen molar-refractivity contribution in [2.24, 2.45) is 17.3 Å². The Morgan fingerprint density at radius 2 is 1.78 bits per heavy atom. The van der Waals surface area contributed by atoms with E-state index in [1.165, 1.54) is 24.1 Å². The zero-order chi connectivity index (χ0) is 45.8. The molecule has 1 N–H and O–H groups in total. The first-order chi connectivity index (χ1) is 31.0. The molecule has 9 rings (SSSR count). The van der Waals surface area contributed by atoms with Crippen molar-refractivity contribution < 1.29 is 54.7 Å². The van der Waals surface area contributed by atoms with Gasteiger partial charge < -0.3 is 18.8 Å². The number of nitrogens with zero attached hydrogens (tertiary/aromatic N) is 4. The summed E-state index contributed by atoms with van der Waals surface area (Å²) in [6.07, 6.45) is 2.82. The number of para-hydroxylation sites is 1. The number of aromatic nitrogens is 3. The summed E-state index contributed by atoms with van der Waals surface area (Å²) in [4.78, 5) is 72.1. The molecule has 19 heteroatoms. The Kier molecular flexibility index (Phi) is 11.8. The largest absolute Gasteiger partial charge is 0.470 e. The Morgan fingerprint density at radius 1 is 1.02 bits per heavy atom. The maximum Gasteiger partial charge on any atom is 0.416 e. The van der Waals surface area contributed by atoms with E-state index in [0.717, 1.165) is 36.3 Å². The van der Waals surface area contributed by atoms with Gasteiger partial charge in [-0.15, -0.1) is 11.3 Å². The molecule has 4 aliphatic rings. The third-order valence-corrected chi connectivity index (χ3v) is 15.9. The van der Waals surface area contributed by atoms with E-state index in [1.54, 1.807) is 31.2 Å². The zero-order valence-electron chi connectivity index (χ0n) is 35.6. The van der Waals surface area contributed by atoms with Crippen LogP contribution in [0.25, 0.3) is 33.5 Å². The molecule has 0 unspecified atom stereocenters. The molecule has 2 aliphatic carbocycles. The fraction of sp³-hybridized carbons (Fsp3) is 0.457. The maximum atomic E-state index is 15.0. The number of Topliss-reactive ketones (excluding diaryl/α,β-unsaturated/α-hetero) is 1. The van der Waals surface area contributed by atoms with Gasteiger partial charge in [-0.05, 0) is 75.6 Å². The van der Waals surface area contributed by atoms with E-state index < -0.39 is 68.2 Å². The zero-order valence-corrected chi connectivity index (χ0v) is 37.2. The molecule has 342 valence electrons. The number of methoxy groups -OCH3 is 1. The average molecular weight is 934 g/mol. The van der Waals surface area contributed by atoms with Crippen molar-refractivity contribution in [2.45, 2.75) is 101 Å². The van der Waals surface area contributed by atoms with E-state index >= 15 is 4.79 Å². The third-order valence-electron chi connectivity index (χ3n) is 12.9. The summed E-state index contributed by atoms with van der Waals surface area (Å²) in [5.74, 6) is -3.10. The number of hydrogen-bond acceptors (Lipinski definition) is 13. The van der Waals surface area contributed by atoms with Gasteiger partial charge in [0.15, 0.2) is 11.6 Å². The number of rotatable bonds is 9. The van der Waals surface area contributed by atoms with Gasteiger partial charge in [0.05, 0.1) is 46.6 Å². The number of thiazole rings is 1. The number of benzene rings is 2. The van der Waals surface area contributed by atoms with Crippen LogP contribution in [0.4, 0.5) is 13.2 Å². The lowest BCUT2D eigenvalue weighted by Gasteiger charge is -2.29. The van der Waals surface area contributed by atoms with Crippen molar-refractivity contribution in [1.82, 2.24) is 24.6 Å². The Morgan fingerprint density at radius 3 is 2.52 bits per heavy atom. The van der Waals surface area contributed by atoms with Gasteiger partial charge in [-0.2, -0.15) is 18.2 Å². The number of aryl methyl sites for hydroxylation is 1. The van der Waals surface area contributed by atoms with Crippen molar-refractivity contribution >= 4 is 67.0 Å². The van der Waals surface area contributed by atoms with Gasteiger partial charge in [0.1, 0.15) is 22.1 Å². The predicted octanol–water partition coefficient (Wildman–Crippen LogP) is 7.91. The van der Waals surface area contributed by atoms with Crippen molar-refractivity contribution in [3.63, 3.8) is 0 Å². The van der Waals surface area contributed by atoms with E-state index in [1.807, 2.05) is 12.2 Å². The molecule has 3 aromatic heterocycles. The highest BCUT2D eigenvalue weighted by Crippen LogP contribution is 2.57. The van der Waals surface area contributed by atoms with E-state index in [0.29, 0.717) is 64.2 Å². The first kappa shape index (κ1) is 44.5. The summed E-state index contributed by atoms with van der Waals surface area (Å²) in [5, 5.41) is 0.495. The average Bonchev–Trinajstić information content (AvgIpc) is 4.13. The Hall–Kier alpha value is -5.69. The molecular formula is C46H46F3N5O9S2. The Labute approximate surface area is 376 Å². The molecule has 1 saturated heterocycles. The minimum atomic E-state index is -4.56. The molecule has 0 bridgehead atoms. The van der Waals surface area contributed by atoms with Gasteiger partial charge in [-0.1, -0.05) is 49.3 Å². The van der Waals surface area contributed by atoms with Crippen LogP contribution in [0.2, 0.25) is 0 Å². The molecule has 2 saturated carbocycles. The van der Waals surface area contributed by atoms with Crippen molar-refractivity contribution in [2.75, 3.05) is 13.7 Å². The fourth-order valence-corrected chi connectivity index (χ4v) is 11.5. The van der Waals surface area contributed by atoms with Crippen molar-refractivity contribution in [3.8, 4) is 17.3 Å². The molecule has 14 nitrogen and oxygen atoms in total. The number of furan rings is 1. The van der Waals surface area contributed by atoms with Crippen LogP contribution in [0.15, 0.2) is 65.1 Å². The second-order valence-electron chi connectivity index (χ2n) is 17.5. The quantitative estimate of drug-likeness (QED) is 0.111. The van der Waals surface area contributed by atoms with Crippen LogP contribution in [0.1, 0.15) is 90.1 Å². The number of nitrogens with one attached hydrogen (secondary N) is 1. The number of hydrogen-bond donors (Lipinski definition) is 1. The second-order valence-corrected chi connectivity index (χ2v) is 20.5. The van der Waals surface area contributed by atoms with Crippen LogP contribution in [0.5, 0.6) is 5.88 Å². The summed E-state index contributed by atoms with van der Waals surface area (Å²) in [6, 6.07) is 10.4. The van der Waals surface area contributed by atoms with E-state index in [9.17, 15) is 36.0 Å². The highest BCUT2D eigenvalue weighted by molar-refractivity contribution is 7.90. The number of alkyl halides is 3. The molecule has 0 radical (unpaired) electrons. The number of amides is 2. The van der Waals surface area contributed by atoms with Crippen molar-refractivity contribution in [3.05, 3.63) is 81.8 Å². The highest BCUT2D eigenvalue weighted by Gasteiger charge is 2.61. The lowest BCUT2D eigenvalue weighted by Crippen LogP contribution is -2.46. The number of ether oxygens (including phenoxy) is 2. The number of carbonyl (C=O) groups is 4. The van der Waals surface area contributed by atoms with Gasteiger partial charge in [-0.25, -0.2) is 23.2 Å². The lowest BCUT2D eigenvalue weighted by molar-refractivity contribution is -0.142. The monoisotopic (exact) mass is 933 g/mol. The lowest BCUT2D eigenvalue weighted by atomic mass is 9.90. The molecule has 5 atom stereocenters. The van der Waals surface area contributed by atoms with Crippen LogP contribution in [-0.4, -0.2) is 82.9 Å². The molecule has 5 aromatic rings. The summed E-state index contributed by atoms with van der Waals surface area (Å²) in [5.41, 5.74) is -0.493. The highest BCUT2D eigenvalue weighted by atomic mass is 32.2. The van der Waals surface area contributed by atoms with Crippen LogP contribution >= 0.6 is 11.3 Å². The first-order valence-corrected chi connectivity index (χ1v) is 24.0. The number of allylic oxidation sites excluding steroid dienone is 2. The van der Waals surface area contributed by atoms with E-state index in [-0.39, 0.29) is 66.9 Å². The van der Waals surface area contributed by atoms with Gasteiger partial charge in [0.2, 0.25) is 27.4 Å². The molecule has 2 aromatic carbocycles. The fourth-order valence-electron chi connectivity index (χ4n) is 9.09. The number of carbonyl (C=O) groups excluding carboxylic acids is 4. The standard InChI is InChI=1S/C46H46F3N5O9S2/c1-25-39(43(57)61-2)64-36(50-25)20-27-10-6-4-3-5-7-11-29-22-45(29,44(58)53-65(59,60)31-18-19-31)23-34(55)33-21-30(24-54(33)42(27)56)62-41-38-37(32-12-8-9-13-35(32)63-38)51-40(52-41)26-14-16-28(17-15-26)46(47,48)49/h7-9,11-17,27,29-31,33H,3-6,10,18-24H2,1-2H3,(H,53,58)/b11-7-/t27-,29+,30-,33+,45-/m1/s1. The summed E-state index contributed by atoms with van der Waals surface area (Å²) in [7, 11) is -2.65. The van der Waals surface area contributed by atoms with Gasteiger partial charge in [0.25, 0.3) is 5.88 Å². The summed E-state index contributed by atoms with van der Waals surface area (Å²) >= 11 is 1.15. The number of sulfonamides is 1. The minimum Gasteiger partial charge on any atom is -0.470 e. The Bertz CT molecular complexity index is 2840. The predicted molar refractivity (Wildman–Crippen MR) is 232 cm³/mol. The third kappa shape index (κ3) is 9.00. The molecule has 5 heterocycles. The number of ketones is 1. The Balaban J connectivity index is 1.08. The normalized spacial score (nSPS) is 24.8. The molecule has 0 spiro atoms. The van der Waals surface area contributed by atoms with Crippen molar-refractivity contribution in [1.29, 1.82) is 0 Å². The van der Waals surface area contributed by atoms with Crippen LogP contribution in [0.3, 0.4) is 0 Å². The first-order valence-electron chi connectivity index (χ1n) is 21.7.